The van der Waals surface area contributed by atoms with E-state index in [9.17, 15) is 9.90 Å². The van der Waals surface area contributed by atoms with Crippen LogP contribution in [0.2, 0.25) is 0 Å². The van der Waals surface area contributed by atoms with Crippen molar-refractivity contribution in [3.05, 3.63) is 23.8 Å². The number of hydrogen-bond donors (Lipinski definition) is 3. The van der Waals surface area contributed by atoms with Gasteiger partial charge in [-0.25, -0.2) is 0 Å². The van der Waals surface area contributed by atoms with Gasteiger partial charge in [0.15, 0.2) is 6.10 Å². The summed E-state index contributed by atoms with van der Waals surface area (Å²) in [5, 5.41) is 12.7. The molecule has 0 aliphatic carbocycles. The summed E-state index contributed by atoms with van der Waals surface area (Å²) in [4.78, 5) is 11.7. The number of carbonyl (C=O) groups excluding carboxylic acids is 1. The van der Waals surface area contributed by atoms with E-state index in [4.69, 9.17) is 10.5 Å². The summed E-state index contributed by atoms with van der Waals surface area (Å²) < 4.78 is 5.56. The molecule has 1 aliphatic rings. The van der Waals surface area contributed by atoms with Gasteiger partial charge >= 0.3 is 0 Å². The Hall–Kier alpha value is -1.59. The van der Waals surface area contributed by atoms with Crippen LogP contribution in [0.5, 0.6) is 5.75 Å². The molecule has 0 radical (unpaired) electrons. The minimum Gasteiger partial charge on any atom is -0.478 e. The maximum Gasteiger partial charge on any atom is 0.265 e. The van der Waals surface area contributed by atoms with Crippen LogP contribution in [0.1, 0.15) is 31.9 Å². The van der Waals surface area contributed by atoms with Gasteiger partial charge in [0.25, 0.3) is 5.91 Å². The van der Waals surface area contributed by atoms with Crippen molar-refractivity contribution in [1.29, 1.82) is 0 Å². The number of anilines is 1. The Morgan fingerprint density at radius 3 is 2.89 bits per heavy atom. The Kier molecular flexibility index (Phi) is 3.54. The number of carbonyl (C=O) groups is 1. The molecule has 98 valence electrons. The average Bonchev–Trinajstić information content (AvgIpc) is 2.36. The van der Waals surface area contributed by atoms with E-state index in [0.717, 1.165) is 0 Å². The Balaban J connectivity index is 2.29. The number of fused-ring (bicyclic) bond motifs is 1. The minimum atomic E-state index is -0.754. The topological polar surface area (TPSA) is 84.6 Å². The van der Waals surface area contributed by atoms with Gasteiger partial charge in [0.05, 0.1) is 11.8 Å². The maximum atomic E-state index is 11.7. The van der Waals surface area contributed by atoms with Crippen molar-refractivity contribution in [2.45, 2.75) is 38.5 Å². The van der Waals surface area contributed by atoms with E-state index in [2.05, 4.69) is 5.32 Å². The van der Waals surface area contributed by atoms with E-state index >= 15 is 0 Å². The van der Waals surface area contributed by atoms with Crippen molar-refractivity contribution < 1.29 is 14.6 Å². The summed E-state index contributed by atoms with van der Waals surface area (Å²) >= 11 is 0. The molecule has 5 heteroatoms. The quantitative estimate of drug-likeness (QED) is 0.752. The van der Waals surface area contributed by atoms with Crippen LogP contribution >= 0.6 is 0 Å². The zero-order valence-corrected chi connectivity index (χ0v) is 10.5. The van der Waals surface area contributed by atoms with Crippen LogP contribution in [0.4, 0.5) is 5.69 Å². The van der Waals surface area contributed by atoms with Gasteiger partial charge in [-0.1, -0.05) is 13.0 Å². The predicted molar refractivity (Wildman–Crippen MR) is 68.4 cm³/mol. The lowest BCUT2D eigenvalue weighted by atomic mass is 10.0. The lowest BCUT2D eigenvalue weighted by Gasteiger charge is -2.26. The number of aliphatic hydroxyl groups is 1. The van der Waals surface area contributed by atoms with E-state index in [0.29, 0.717) is 23.4 Å². The zero-order valence-electron chi connectivity index (χ0n) is 10.5. The Morgan fingerprint density at radius 1 is 1.56 bits per heavy atom. The standard InChI is InChI=1S/C13H18N2O3/c1-3-10-13(17)15-9-6-8(12(16)7(2)14)4-5-11(9)18-10/h4-7,10,12,16H,3,14H2,1-2H3,(H,15,17). The summed E-state index contributed by atoms with van der Waals surface area (Å²) in [5.41, 5.74) is 6.90. The molecule has 4 N–H and O–H groups in total. The molecule has 1 aromatic carbocycles. The monoisotopic (exact) mass is 250 g/mol. The SMILES string of the molecule is CCC1Oc2ccc(C(O)C(C)N)cc2NC1=O. The van der Waals surface area contributed by atoms with Crippen LogP contribution in [-0.4, -0.2) is 23.2 Å². The molecule has 3 atom stereocenters. The lowest BCUT2D eigenvalue weighted by Crippen LogP contribution is -2.36. The molecular formula is C13H18N2O3. The fourth-order valence-electron chi connectivity index (χ4n) is 1.92. The second kappa shape index (κ2) is 4.96. The summed E-state index contributed by atoms with van der Waals surface area (Å²) in [6, 6.07) is 4.84. The van der Waals surface area contributed by atoms with Crippen molar-refractivity contribution >= 4 is 11.6 Å². The van der Waals surface area contributed by atoms with E-state index in [-0.39, 0.29) is 11.9 Å². The normalized spacial score (nSPS) is 21.6. The first kappa shape index (κ1) is 12.9. The Labute approximate surface area is 106 Å². The second-order valence-corrected chi connectivity index (χ2v) is 4.56. The maximum absolute atomic E-state index is 11.7. The highest BCUT2D eigenvalue weighted by atomic mass is 16.5. The molecule has 18 heavy (non-hydrogen) atoms. The van der Waals surface area contributed by atoms with E-state index in [1.165, 1.54) is 0 Å². The zero-order chi connectivity index (χ0) is 13.3. The van der Waals surface area contributed by atoms with Crippen LogP contribution in [0, 0.1) is 0 Å². The van der Waals surface area contributed by atoms with Gasteiger partial charge in [-0.05, 0) is 31.0 Å². The Morgan fingerprint density at radius 2 is 2.28 bits per heavy atom. The van der Waals surface area contributed by atoms with E-state index in [1.807, 2.05) is 6.92 Å². The summed E-state index contributed by atoms with van der Waals surface area (Å²) in [5.74, 6) is 0.472. The predicted octanol–water partition coefficient (Wildman–Crippen LogP) is 1.18. The van der Waals surface area contributed by atoms with E-state index < -0.39 is 12.2 Å². The molecule has 1 aromatic rings. The Bertz CT molecular complexity index is 460. The van der Waals surface area contributed by atoms with Gasteiger partial charge in [0.1, 0.15) is 5.75 Å². The summed E-state index contributed by atoms with van der Waals surface area (Å²) in [7, 11) is 0. The number of hydrogen-bond acceptors (Lipinski definition) is 4. The number of rotatable bonds is 3. The van der Waals surface area contributed by atoms with Crippen molar-refractivity contribution in [3.8, 4) is 5.75 Å². The van der Waals surface area contributed by atoms with Gasteiger partial charge in [0.2, 0.25) is 0 Å². The number of ether oxygens (including phenoxy) is 1. The minimum absolute atomic E-state index is 0.155. The molecule has 2 rings (SSSR count). The van der Waals surface area contributed by atoms with Gasteiger partial charge in [0, 0.05) is 6.04 Å². The first-order valence-corrected chi connectivity index (χ1v) is 6.08. The molecule has 0 saturated heterocycles. The molecule has 0 aromatic heterocycles. The lowest BCUT2D eigenvalue weighted by molar-refractivity contribution is -0.123. The van der Waals surface area contributed by atoms with Gasteiger partial charge in [-0.15, -0.1) is 0 Å². The molecule has 1 amide bonds. The number of amides is 1. The molecule has 0 bridgehead atoms. The first-order chi connectivity index (χ1) is 8.52. The van der Waals surface area contributed by atoms with Crippen molar-refractivity contribution in [3.63, 3.8) is 0 Å². The van der Waals surface area contributed by atoms with Crippen LogP contribution in [0.25, 0.3) is 0 Å². The third-order valence-electron chi connectivity index (χ3n) is 3.03. The summed E-state index contributed by atoms with van der Waals surface area (Å²) in [6.45, 7) is 3.62. The molecule has 0 saturated carbocycles. The molecule has 1 aliphatic heterocycles. The number of aliphatic hydroxyl groups excluding tert-OH is 1. The fourth-order valence-corrected chi connectivity index (χ4v) is 1.92. The molecule has 1 heterocycles. The summed E-state index contributed by atoms with van der Waals surface area (Å²) in [6.07, 6.45) is -0.576. The molecule has 3 unspecified atom stereocenters. The fraction of sp³-hybridized carbons (Fsp3) is 0.462. The van der Waals surface area contributed by atoms with Gasteiger partial charge < -0.3 is 20.9 Å². The van der Waals surface area contributed by atoms with Gasteiger partial charge in [-0.2, -0.15) is 0 Å². The highest BCUT2D eigenvalue weighted by Gasteiger charge is 2.26. The first-order valence-electron chi connectivity index (χ1n) is 6.08. The highest BCUT2D eigenvalue weighted by Crippen LogP contribution is 2.33. The number of benzene rings is 1. The number of nitrogens with one attached hydrogen (secondary N) is 1. The van der Waals surface area contributed by atoms with E-state index in [1.54, 1.807) is 25.1 Å². The largest absolute Gasteiger partial charge is 0.478 e. The third kappa shape index (κ3) is 2.32. The third-order valence-corrected chi connectivity index (χ3v) is 3.03. The second-order valence-electron chi connectivity index (χ2n) is 4.56. The van der Waals surface area contributed by atoms with Crippen LogP contribution in [0.15, 0.2) is 18.2 Å². The molecule has 0 spiro atoms. The van der Waals surface area contributed by atoms with Crippen molar-refractivity contribution in [2.75, 3.05) is 5.32 Å². The van der Waals surface area contributed by atoms with Crippen molar-refractivity contribution in [2.24, 2.45) is 5.73 Å². The van der Waals surface area contributed by atoms with Crippen molar-refractivity contribution in [1.82, 2.24) is 0 Å². The smallest absolute Gasteiger partial charge is 0.265 e. The van der Waals surface area contributed by atoms with Gasteiger partial charge in [-0.3, -0.25) is 4.79 Å². The molecule has 5 nitrogen and oxygen atoms in total. The van der Waals surface area contributed by atoms with Crippen LogP contribution in [0.3, 0.4) is 0 Å². The van der Waals surface area contributed by atoms with Crippen LogP contribution < -0.4 is 15.8 Å². The molecule has 0 fully saturated rings. The average molecular weight is 250 g/mol. The molecular weight excluding hydrogens is 232 g/mol. The van der Waals surface area contributed by atoms with Crippen LogP contribution in [-0.2, 0) is 4.79 Å². The highest BCUT2D eigenvalue weighted by molar-refractivity contribution is 5.97. The number of nitrogens with two attached hydrogens (primary N) is 1.